The van der Waals surface area contributed by atoms with Crippen molar-refractivity contribution in [1.82, 2.24) is 0 Å². The highest BCUT2D eigenvalue weighted by atomic mass is 35.5. The average molecular weight is 224 g/mol. The molecule has 0 amide bonds. The zero-order valence-corrected chi connectivity index (χ0v) is 9.34. The zero-order valence-electron chi connectivity index (χ0n) is 9.59. The van der Waals surface area contributed by atoms with Gasteiger partial charge in [-0.2, -0.15) is 0 Å². The Morgan fingerprint density at radius 1 is 1.71 bits per heavy atom. The van der Waals surface area contributed by atoms with Crippen LogP contribution in [-0.4, -0.2) is 31.3 Å². The van der Waals surface area contributed by atoms with Crippen molar-refractivity contribution in [2.24, 2.45) is 11.7 Å². The Labute approximate surface area is 92.0 Å². The zero-order chi connectivity index (χ0) is 9.90. The van der Waals surface area contributed by atoms with Crippen molar-refractivity contribution in [2.75, 3.05) is 19.8 Å². The fourth-order valence-corrected chi connectivity index (χ4v) is 1.13. The summed E-state index contributed by atoms with van der Waals surface area (Å²) in [6.45, 7) is 5.23. The summed E-state index contributed by atoms with van der Waals surface area (Å²) < 4.78 is 10.1. The lowest BCUT2D eigenvalue weighted by molar-refractivity contribution is -0.151. The highest BCUT2D eigenvalue weighted by Crippen LogP contribution is 2.17. The summed E-state index contributed by atoms with van der Waals surface area (Å²) in [6.07, 6.45) is 0.559. The van der Waals surface area contributed by atoms with Crippen LogP contribution in [0.2, 0.25) is 0 Å². The van der Waals surface area contributed by atoms with E-state index in [9.17, 15) is 4.79 Å². The third kappa shape index (κ3) is 3.44. The summed E-state index contributed by atoms with van der Waals surface area (Å²) in [4.78, 5) is 11.4. The Bertz CT molecular complexity index is 196. The Morgan fingerprint density at radius 2 is 2.36 bits per heavy atom. The van der Waals surface area contributed by atoms with Crippen LogP contribution in [0.1, 0.15) is 21.7 Å². The van der Waals surface area contributed by atoms with E-state index >= 15 is 0 Å². The highest BCUT2D eigenvalue weighted by molar-refractivity contribution is 5.81. The molecule has 1 atom stereocenters. The molecular weight excluding hydrogens is 206 g/mol. The molecule has 0 spiro atoms. The minimum atomic E-state index is -0.894. The van der Waals surface area contributed by atoms with Gasteiger partial charge < -0.3 is 27.6 Å². The molecule has 1 aliphatic heterocycles. The number of nitrogens with two attached hydrogens (primary N) is 1. The molecular formula is C9H18ClNO3. The van der Waals surface area contributed by atoms with E-state index in [-0.39, 0.29) is 26.4 Å². The minimum Gasteiger partial charge on any atom is -1.00 e. The van der Waals surface area contributed by atoms with Gasteiger partial charge in [-0.05, 0) is 5.92 Å². The molecule has 5 heteroatoms. The van der Waals surface area contributed by atoms with Crippen molar-refractivity contribution in [3.8, 4) is 0 Å². The van der Waals surface area contributed by atoms with Gasteiger partial charge in [-0.25, -0.2) is 4.79 Å². The van der Waals surface area contributed by atoms with Crippen molar-refractivity contribution < 1.29 is 28.1 Å². The van der Waals surface area contributed by atoms with Crippen LogP contribution < -0.4 is 18.1 Å². The van der Waals surface area contributed by atoms with Crippen LogP contribution in [0.4, 0.5) is 0 Å². The summed E-state index contributed by atoms with van der Waals surface area (Å²) in [5.41, 5.74) is 4.90. The molecule has 1 heterocycles. The van der Waals surface area contributed by atoms with Gasteiger partial charge in [-0.15, -0.1) is 0 Å². The predicted molar refractivity (Wildman–Crippen MR) is 49.3 cm³/mol. The van der Waals surface area contributed by atoms with E-state index in [1.165, 1.54) is 0 Å². The lowest BCUT2D eigenvalue weighted by atomic mass is 10.0. The smallest absolute Gasteiger partial charge is 1.00 e. The van der Waals surface area contributed by atoms with E-state index in [1.807, 2.05) is 13.8 Å². The molecule has 1 fully saturated rings. The third-order valence-corrected chi connectivity index (χ3v) is 2.01. The number of hydrogen-bond donors (Lipinski definition) is 1. The SMILES string of the molecule is CC(C)COC(=O)C1(N)CCOC1.[Cl-].[H+]. The van der Waals surface area contributed by atoms with Gasteiger partial charge in [0.2, 0.25) is 0 Å². The quantitative estimate of drug-likeness (QED) is 0.534. The fourth-order valence-electron chi connectivity index (χ4n) is 1.13. The Kier molecular flexibility index (Phi) is 5.41. The van der Waals surface area contributed by atoms with Crippen molar-refractivity contribution in [3.63, 3.8) is 0 Å². The molecule has 0 aliphatic carbocycles. The second-order valence-electron chi connectivity index (χ2n) is 3.95. The topological polar surface area (TPSA) is 61.5 Å². The molecule has 0 saturated carbocycles. The maximum atomic E-state index is 11.4. The summed E-state index contributed by atoms with van der Waals surface area (Å²) in [7, 11) is 0. The lowest BCUT2D eigenvalue weighted by Crippen LogP contribution is -3.00. The molecule has 0 radical (unpaired) electrons. The molecule has 0 aromatic heterocycles. The van der Waals surface area contributed by atoms with Gasteiger partial charge >= 0.3 is 7.40 Å². The first kappa shape index (κ1) is 13.7. The van der Waals surface area contributed by atoms with Gasteiger partial charge in [0.25, 0.3) is 0 Å². The van der Waals surface area contributed by atoms with Crippen LogP contribution in [0, 0.1) is 5.92 Å². The minimum absolute atomic E-state index is 0. The normalized spacial score (nSPS) is 26.0. The molecule has 0 aromatic rings. The van der Waals surface area contributed by atoms with Crippen molar-refractivity contribution >= 4 is 5.97 Å². The summed E-state index contributed by atoms with van der Waals surface area (Å²) in [6, 6.07) is 0. The van der Waals surface area contributed by atoms with Crippen LogP contribution >= 0.6 is 0 Å². The number of ether oxygens (including phenoxy) is 2. The van der Waals surface area contributed by atoms with Crippen LogP contribution in [0.5, 0.6) is 0 Å². The number of carbonyl (C=O) groups excluding carboxylic acids is 1. The van der Waals surface area contributed by atoms with E-state index < -0.39 is 5.54 Å². The molecule has 1 rings (SSSR count). The van der Waals surface area contributed by atoms with Crippen molar-refractivity contribution in [2.45, 2.75) is 25.8 Å². The first-order valence-corrected chi connectivity index (χ1v) is 4.58. The fraction of sp³-hybridized carbons (Fsp3) is 0.889. The van der Waals surface area contributed by atoms with E-state index in [0.717, 1.165) is 0 Å². The molecule has 1 unspecified atom stereocenters. The summed E-state index contributed by atoms with van der Waals surface area (Å²) >= 11 is 0. The highest BCUT2D eigenvalue weighted by Gasteiger charge is 2.39. The molecule has 0 aromatic carbocycles. The number of hydrogen-bond acceptors (Lipinski definition) is 4. The van der Waals surface area contributed by atoms with Crippen LogP contribution in [0.15, 0.2) is 0 Å². The van der Waals surface area contributed by atoms with Crippen LogP contribution in [0.25, 0.3) is 0 Å². The van der Waals surface area contributed by atoms with Crippen molar-refractivity contribution in [3.05, 3.63) is 0 Å². The van der Waals surface area contributed by atoms with Gasteiger partial charge in [0.05, 0.1) is 13.2 Å². The third-order valence-electron chi connectivity index (χ3n) is 2.01. The van der Waals surface area contributed by atoms with Gasteiger partial charge in [-0.3, -0.25) is 0 Å². The van der Waals surface area contributed by atoms with Gasteiger partial charge in [0.15, 0.2) is 0 Å². The molecule has 1 saturated heterocycles. The second kappa shape index (κ2) is 5.53. The molecule has 2 N–H and O–H groups in total. The molecule has 0 bridgehead atoms. The van der Waals surface area contributed by atoms with E-state index in [4.69, 9.17) is 15.2 Å². The predicted octanol–water partition coefficient (Wildman–Crippen LogP) is -2.58. The first-order valence-electron chi connectivity index (χ1n) is 4.58. The molecule has 14 heavy (non-hydrogen) atoms. The van der Waals surface area contributed by atoms with E-state index in [0.29, 0.717) is 25.6 Å². The van der Waals surface area contributed by atoms with Gasteiger partial charge in [0.1, 0.15) is 5.54 Å². The summed E-state index contributed by atoms with van der Waals surface area (Å²) in [5, 5.41) is 0. The van der Waals surface area contributed by atoms with Crippen LogP contribution in [0.3, 0.4) is 0 Å². The van der Waals surface area contributed by atoms with Crippen molar-refractivity contribution in [1.29, 1.82) is 0 Å². The Morgan fingerprint density at radius 3 is 2.79 bits per heavy atom. The Hall–Kier alpha value is -0.320. The largest absolute Gasteiger partial charge is 1.00 e. The maximum absolute atomic E-state index is 11.4. The summed E-state index contributed by atoms with van der Waals surface area (Å²) in [5.74, 6) is 0.00794. The molecule has 1 aliphatic rings. The monoisotopic (exact) mass is 223 g/mol. The van der Waals surface area contributed by atoms with E-state index in [2.05, 4.69) is 0 Å². The number of esters is 1. The second-order valence-corrected chi connectivity index (χ2v) is 3.95. The lowest BCUT2D eigenvalue weighted by Gasteiger charge is -2.20. The average Bonchev–Trinajstić information content (AvgIpc) is 2.49. The van der Waals surface area contributed by atoms with E-state index in [1.54, 1.807) is 0 Å². The number of carbonyl (C=O) groups is 1. The molecule has 84 valence electrons. The maximum Gasteiger partial charge on any atom is 1.00 e. The first-order chi connectivity index (χ1) is 6.04. The van der Waals surface area contributed by atoms with Gasteiger partial charge in [-0.1, -0.05) is 13.8 Å². The standard InChI is InChI=1S/C9H17NO3.ClH/c1-7(2)5-13-8(11)9(10)3-4-12-6-9;/h7H,3-6,10H2,1-2H3;1H. The van der Waals surface area contributed by atoms with Crippen LogP contribution in [-0.2, 0) is 14.3 Å². The number of rotatable bonds is 3. The Balaban J connectivity index is 0. The van der Waals surface area contributed by atoms with Gasteiger partial charge in [0, 0.05) is 13.0 Å². The molecule has 4 nitrogen and oxygen atoms in total. The number of halogens is 1.